The lowest BCUT2D eigenvalue weighted by Crippen LogP contribution is -2.23. The first kappa shape index (κ1) is 24.5. The zero-order valence-corrected chi connectivity index (χ0v) is 20.9. The number of aromatic hydroxyl groups is 1. The summed E-state index contributed by atoms with van der Waals surface area (Å²) in [5.74, 6) is 0.645. The molecular weight excluding hydrogens is 432 g/mol. The number of hydrogen-bond acceptors (Lipinski definition) is 3. The summed E-state index contributed by atoms with van der Waals surface area (Å²) in [5.41, 5.74) is 6.47. The van der Waals surface area contributed by atoms with Crippen molar-refractivity contribution in [3.05, 3.63) is 111 Å². The van der Waals surface area contributed by atoms with Gasteiger partial charge in [-0.15, -0.1) is 0 Å². The Balaban J connectivity index is 1.81. The number of aromatic nitrogens is 2. The molecule has 1 N–H and O–H groups in total. The molecule has 180 valence electrons. The number of aryl methyl sites for hydroxylation is 3. The summed E-state index contributed by atoms with van der Waals surface area (Å²) in [4.78, 5) is 17.6. The minimum absolute atomic E-state index is 0.0128. The van der Waals surface area contributed by atoms with Gasteiger partial charge in [0.15, 0.2) is 0 Å². The fourth-order valence-electron chi connectivity index (χ4n) is 4.63. The lowest BCUT2D eigenvalue weighted by Gasteiger charge is -2.22. The lowest BCUT2D eigenvalue weighted by atomic mass is 10.00. The molecule has 0 radical (unpaired) electrons. The first-order valence-electron chi connectivity index (χ1n) is 12.7. The highest BCUT2D eigenvalue weighted by molar-refractivity contribution is 5.63. The van der Waals surface area contributed by atoms with Gasteiger partial charge in [-0.2, -0.15) is 4.98 Å². The van der Waals surface area contributed by atoms with E-state index in [1.54, 1.807) is 0 Å². The third kappa shape index (κ3) is 5.22. The van der Waals surface area contributed by atoms with Crippen LogP contribution in [0.4, 0.5) is 0 Å². The van der Waals surface area contributed by atoms with Gasteiger partial charge >= 0.3 is 0 Å². The molecule has 0 saturated heterocycles. The van der Waals surface area contributed by atoms with E-state index in [-0.39, 0.29) is 11.4 Å². The Kier molecular flexibility index (Phi) is 7.81. The maximum absolute atomic E-state index is 13.1. The van der Waals surface area contributed by atoms with Crippen LogP contribution in [0.25, 0.3) is 16.8 Å². The molecular formula is C31H34N2O2. The molecule has 3 aromatic carbocycles. The van der Waals surface area contributed by atoms with Gasteiger partial charge in [-0.25, -0.2) is 0 Å². The van der Waals surface area contributed by atoms with Crippen molar-refractivity contribution in [3.8, 4) is 22.7 Å². The van der Waals surface area contributed by atoms with Crippen LogP contribution in [0, 0.1) is 0 Å². The van der Waals surface area contributed by atoms with Crippen molar-refractivity contribution in [3.63, 3.8) is 0 Å². The van der Waals surface area contributed by atoms with Gasteiger partial charge in [-0.05, 0) is 47.1 Å². The van der Waals surface area contributed by atoms with Gasteiger partial charge in [0, 0.05) is 12.8 Å². The fourth-order valence-corrected chi connectivity index (χ4v) is 4.63. The number of unbranched alkanes of at least 4 members (excludes halogenated alkanes) is 1. The monoisotopic (exact) mass is 466 g/mol. The number of rotatable bonds is 9. The molecule has 1 aromatic heterocycles. The maximum atomic E-state index is 13.1. The quantitative estimate of drug-likeness (QED) is 0.300. The van der Waals surface area contributed by atoms with Crippen LogP contribution >= 0.6 is 0 Å². The Hall–Kier alpha value is -3.66. The Morgan fingerprint density at radius 1 is 0.800 bits per heavy atom. The highest BCUT2D eigenvalue weighted by atomic mass is 16.3. The zero-order chi connectivity index (χ0) is 24.8. The molecule has 0 fully saturated rings. The molecule has 0 amide bonds. The second-order valence-corrected chi connectivity index (χ2v) is 8.95. The van der Waals surface area contributed by atoms with Crippen LogP contribution in [-0.4, -0.2) is 14.7 Å². The topological polar surface area (TPSA) is 55.1 Å². The molecule has 4 rings (SSSR count). The predicted molar refractivity (Wildman–Crippen MR) is 144 cm³/mol. The molecule has 1 heterocycles. The summed E-state index contributed by atoms with van der Waals surface area (Å²) in [6.07, 6.45) is 4.53. The number of hydrogen-bond donors (Lipinski definition) is 1. The highest BCUT2D eigenvalue weighted by Crippen LogP contribution is 2.30. The third-order valence-corrected chi connectivity index (χ3v) is 6.61. The van der Waals surface area contributed by atoms with E-state index in [2.05, 4.69) is 68.2 Å². The van der Waals surface area contributed by atoms with E-state index >= 15 is 0 Å². The van der Waals surface area contributed by atoms with Crippen LogP contribution in [0.5, 0.6) is 5.88 Å². The van der Waals surface area contributed by atoms with E-state index in [1.807, 2.05) is 34.9 Å². The predicted octanol–water partition coefficient (Wildman–Crippen LogP) is 6.66. The summed E-state index contributed by atoms with van der Waals surface area (Å²) in [6.45, 7) is 6.35. The number of benzene rings is 3. The smallest absolute Gasteiger partial charge is 0.280 e. The van der Waals surface area contributed by atoms with E-state index in [0.29, 0.717) is 24.2 Å². The van der Waals surface area contributed by atoms with Crippen LogP contribution in [0.15, 0.2) is 77.6 Å². The fraction of sp³-hybridized carbons (Fsp3) is 0.290. The molecule has 4 nitrogen and oxygen atoms in total. The van der Waals surface area contributed by atoms with E-state index in [1.165, 1.54) is 0 Å². The molecule has 4 heteroatoms. The SMILES string of the molecule is CCCCc1nc(=O)c(Cc2ccc(-c3ccccc3)cc2)c(O)n1-c1c(CC)cccc1CC. The molecule has 0 saturated carbocycles. The van der Waals surface area contributed by atoms with E-state index < -0.39 is 0 Å². The normalized spacial score (nSPS) is 11.1. The molecule has 4 aromatic rings. The first-order chi connectivity index (χ1) is 17.1. The van der Waals surface area contributed by atoms with Gasteiger partial charge in [-0.3, -0.25) is 9.36 Å². The van der Waals surface area contributed by atoms with Crippen LogP contribution in [0.3, 0.4) is 0 Å². The Bertz CT molecular complexity index is 1320. The van der Waals surface area contributed by atoms with Crippen molar-refractivity contribution in [1.82, 2.24) is 9.55 Å². The molecule has 0 atom stereocenters. The van der Waals surface area contributed by atoms with Crippen molar-refractivity contribution in [2.45, 2.75) is 59.3 Å². The number of para-hydroxylation sites is 1. The van der Waals surface area contributed by atoms with Crippen LogP contribution in [0.1, 0.15) is 61.7 Å². The molecule has 0 aliphatic heterocycles. The van der Waals surface area contributed by atoms with Crippen molar-refractivity contribution in [1.29, 1.82) is 0 Å². The van der Waals surface area contributed by atoms with Crippen molar-refractivity contribution >= 4 is 0 Å². The van der Waals surface area contributed by atoms with Crippen molar-refractivity contribution < 1.29 is 5.11 Å². The van der Waals surface area contributed by atoms with Gasteiger partial charge in [-0.1, -0.05) is 100.0 Å². The Morgan fingerprint density at radius 3 is 2.03 bits per heavy atom. The van der Waals surface area contributed by atoms with Gasteiger partial charge in [0.1, 0.15) is 5.82 Å². The summed E-state index contributed by atoms with van der Waals surface area (Å²) in [5, 5.41) is 11.6. The Labute approximate surface area is 207 Å². The van der Waals surface area contributed by atoms with Gasteiger partial charge in [0.05, 0.1) is 11.3 Å². The van der Waals surface area contributed by atoms with E-state index in [4.69, 9.17) is 0 Å². The first-order valence-corrected chi connectivity index (χ1v) is 12.7. The minimum Gasteiger partial charge on any atom is -0.494 e. The van der Waals surface area contributed by atoms with Crippen LogP contribution in [0.2, 0.25) is 0 Å². The minimum atomic E-state index is -0.344. The maximum Gasteiger partial charge on any atom is 0.280 e. The largest absolute Gasteiger partial charge is 0.494 e. The average molecular weight is 467 g/mol. The third-order valence-electron chi connectivity index (χ3n) is 6.61. The second-order valence-electron chi connectivity index (χ2n) is 8.95. The highest BCUT2D eigenvalue weighted by Gasteiger charge is 2.21. The zero-order valence-electron chi connectivity index (χ0n) is 20.9. The van der Waals surface area contributed by atoms with E-state index in [0.717, 1.165) is 59.2 Å². The summed E-state index contributed by atoms with van der Waals surface area (Å²) in [7, 11) is 0. The van der Waals surface area contributed by atoms with E-state index in [9.17, 15) is 9.90 Å². The van der Waals surface area contributed by atoms with Gasteiger partial charge in [0.2, 0.25) is 5.88 Å². The van der Waals surface area contributed by atoms with Crippen LogP contribution in [-0.2, 0) is 25.7 Å². The molecule has 35 heavy (non-hydrogen) atoms. The second kappa shape index (κ2) is 11.2. The molecule has 0 aliphatic carbocycles. The molecule has 0 spiro atoms. The summed E-state index contributed by atoms with van der Waals surface area (Å²) < 4.78 is 1.85. The van der Waals surface area contributed by atoms with Crippen molar-refractivity contribution in [2.75, 3.05) is 0 Å². The van der Waals surface area contributed by atoms with Gasteiger partial charge < -0.3 is 5.11 Å². The molecule has 0 aliphatic rings. The summed E-state index contributed by atoms with van der Waals surface area (Å²) >= 11 is 0. The lowest BCUT2D eigenvalue weighted by molar-refractivity contribution is 0.421. The molecule has 0 unspecified atom stereocenters. The summed E-state index contributed by atoms with van der Waals surface area (Å²) in [6, 6.07) is 24.6. The van der Waals surface area contributed by atoms with Crippen LogP contribution < -0.4 is 5.56 Å². The number of nitrogens with zero attached hydrogens (tertiary/aromatic N) is 2. The van der Waals surface area contributed by atoms with Crippen molar-refractivity contribution in [2.24, 2.45) is 0 Å². The standard InChI is InChI=1S/C31H34N2O2/c1-4-7-16-28-32-30(34)27(21-22-17-19-26(20-18-22)25-12-9-8-10-13-25)31(35)33(28)29-23(5-2)14-11-15-24(29)6-3/h8-15,17-20,35H,4-7,16,21H2,1-3H3. The molecule has 0 bridgehead atoms. The van der Waals surface area contributed by atoms with Gasteiger partial charge in [0.25, 0.3) is 5.56 Å². The average Bonchev–Trinajstić information content (AvgIpc) is 2.90. The Morgan fingerprint density at radius 2 is 1.43 bits per heavy atom.